The average molecular weight is 443 g/mol. The predicted molar refractivity (Wildman–Crippen MR) is 129 cm³/mol. The lowest BCUT2D eigenvalue weighted by atomic mass is 9.98. The Morgan fingerprint density at radius 2 is 0.848 bits per heavy atom. The first kappa shape index (κ1) is 22.9. The Morgan fingerprint density at radius 3 is 1.21 bits per heavy atom. The number of aryl methyl sites for hydroxylation is 2. The van der Waals surface area contributed by atoms with Gasteiger partial charge < -0.3 is 4.74 Å². The summed E-state index contributed by atoms with van der Waals surface area (Å²) in [4.78, 5) is 0. The fourth-order valence-corrected chi connectivity index (χ4v) is 4.06. The van der Waals surface area contributed by atoms with E-state index in [4.69, 9.17) is 4.74 Å². The van der Waals surface area contributed by atoms with Gasteiger partial charge in [-0.2, -0.15) is 0 Å². The van der Waals surface area contributed by atoms with E-state index in [1.165, 1.54) is 24.3 Å². The fraction of sp³-hybridized carbons (Fsp3) is 0.200. The van der Waals surface area contributed by atoms with Gasteiger partial charge in [-0.3, -0.25) is 0 Å². The number of hydrogen-bond donors (Lipinski definition) is 0. The van der Waals surface area contributed by atoms with Crippen molar-refractivity contribution in [2.24, 2.45) is 0 Å². The normalized spacial score (nSPS) is 12.9. The van der Waals surface area contributed by atoms with Gasteiger partial charge in [0.25, 0.3) is 0 Å². The number of benzene rings is 4. The summed E-state index contributed by atoms with van der Waals surface area (Å²) < 4.78 is 33.4. The Bertz CT molecular complexity index is 1000. The van der Waals surface area contributed by atoms with Crippen LogP contribution in [0, 0.1) is 11.6 Å². The van der Waals surface area contributed by atoms with Crippen molar-refractivity contribution < 1.29 is 13.5 Å². The highest BCUT2D eigenvalue weighted by atomic mass is 19.1. The topological polar surface area (TPSA) is 9.23 Å². The largest absolute Gasteiger partial charge is 0.366 e. The van der Waals surface area contributed by atoms with Crippen molar-refractivity contribution >= 4 is 0 Å². The van der Waals surface area contributed by atoms with Gasteiger partial charge in [0.2, 0.25) is 0 Å². The lowest BCUT2D eigenvalue weighted by molar-refractivity contribution is -0.0237. The van der Waals surface area contributed by atoms with Gasteiger partial charge >= 0.3 is 0 Å². The first-order chi connectivity index (χ1) is 16.2. The van der Waals surface area contributed by atoms with E-state index in [2.05, 4.69) is 24.3 Å². The smallest absolute Gasteiger partial charge is 0.123 e. The third-order valence-electron chi connectivity index (χ3n) is 5.89. The second-order valence-electron chi connectivity index (χ2n) is 8.27. The molecule has 4 aromatic rings. The summed E-state index contributed by atoms with van der Waals surface area (Å²) >= 11 is 0. The molecule has 0 aliphatic carbocycles. The molecular weight excluding hydrogens is 414 g/mol. The van der Waals surface area contributed by atoms with E-state index in [1.54, 1.807) is 0 Å². The maximum atomic E-state index is 13.3. The van der Waals surface area contributed by atoms with Crippen LogP contribution in [0.4, 0.5) is 8.78 Å². The van der Waals surface area contributed by atoms with Crippen molar-refractivity contribution in [1.82, 2.24) is 0 Å². The Morgan fingerprint density at radius 1 is 0.485 bits per heavy atom. The molecule has 0 saturated heterocycles. The Hall–Kier alpha value is -3.30. The Labute approximate surface area is 194 Å². The minimum Gasteiger partial charge on any atom is -0.366 e. The van der Waals surface area contributed by atoms with Crippen LogP contribution in [-0.2, 0) is 17.6 Å². The molecule has 0 saturated carbocycles. The van der Waals surface area contributed by atoms with Crippen LogP contribution in [0.3, 0.4) is 0 Å². The predicted octanol–water partition coefficient (Wildman–Crippen LogP) is 8.03. The molecule has 0 radical (unpaired) electrons. The molecule has 0 heterocycles. The van der Waals surface area contributed by atoms with Crippen molar-refractivity contribution in [2.75, 3.05) is 0 Å². The van der Waals surface area contributed by atoms with Crippen LogP contribution >= 0.6 is 0 Å². The average Bonchev–Trinajstić information content (AvgIpc) is 2.87. The van der Waals surface area contributed by atoms with Gasteiger partial charge in [0, 0.05) is 0 Å². The highest BCUT2D eigenvalue weighted by Crippen LogP contribution is 2.33. The van der Waals surface area contributed by atoms with E-state index >= 15 is 0 Å². The van der Waals surface area contributed by atoms with Crippen LogP contribution in [0.2, 0.25) is 0 Å². The van der Waals surface area contributed by atoms with Gasteiger partial charge in [0.05, 0.1) is 12.2 Å². The Kier molecular flexibility index (Phi) is 7.99. The highest BCUT2D eigenvalue weighted by Gasteiger charge is 2.20. The second kappa shape index (κ2) is 11.5. The quantitative estimate of drug-likeness (QED) is 0.242. The zero-order valence-electron chi connectivity index (χ0n) is 18.5. The van der Waals surface area contributed by atoms with E-state index in [1.807, 2.05) is 60.7 Å². The van der Waals surface area contributed by atoms with Crippen LogP contribution in [0.1, 0.15) is 47.3 Å². The summed E-state index contributed by atoms with van der Waals surface area (Å²) in [6.45, 7) is 0. The molecule has 0 aliphatic heterocycles. The highest BCUT2D eigenvalue weighted by molar-refractivity contribution is 5.23. The molecule has 0 spiro atoms. The molecule has 0 N–H and O–H groups in total. The summed E-state index contributed by atoms with van der Waals surface area (Å²) in [7, 11) is 0. The van der Waals surface area contributed by atoms with Gasteiger partial charge in [-0.1, -0.05) is 84.9 Å². The molecule has 0 fully saturated rings. The molecule has 3 heteroatoms. The van der Waals surface area contributed by atoms with Crippen molar-refractivity contribution in [1.29, 1.82) is 0 Å². The van der Waals surface area contributed by atoms with Crippen molar-refractivity contribution in [2.45, 2.75) is 37.9 Å². The summed E-state index contributed by atoms with van der Waals surface area (Å²) in [5.41, 5.74) is 4.43. The monoisotopic (exact) mass is 442 g/mol. The van der Waals surface area contributed by atoms with Crippen molar-refractivity contribution in [3.63, 3.8) is 0 Å². The van der Waals surface area contributed by atoms with Gasteiger partial charge in [-0.15, -0.1) is 0 Å². The summed E-state index contributed by atoms with van der Waals surface area (Å²) in [5, 5.41) is 0. The van der Waals surface area contributed by atoms with Gasteiger partial charge in [-0.05, 0) is 72.2 Å². The van der Waals surface area contributed by atoms with E-state index < -0.39 is 0 Å². The summed E-state index contributed by atoms with van der Waals surface area (Å²) in [5.74, 6) is -0.445. The fourth-order valence-electron chi connectivity index (χ4n) is 4.06. The third-order valence-corrected chi connectivity index (χ3v) is 5.89. The molecular formula is C30H28F2O. The van der Waals surface area contributed by atoms with E-state index in [0.29, 0.717) is 0 Å². The zero-order chi connectivity index (χ0) is 22.9. The minimum atomic E-state index is -0.223. The molecule has 0 aromatic heterocycles. The van der Waals surface area contributed by atoms with Crippen molar-refractivity contribution in [3.05, 3.63) is 143 Å². The standard InChI is InChI=1S/C30H28F2O/c31-27-17-11-23(12-18-27)15-21-29(25-7-3-1-4-8-25)33-30(26-9-5-2-6-10-26)22-16-24-13-19-28(32)20-14-24/h1-14,17-20,29-30H,15-16,21-22H2. The molecule has 1 nitrogen and oxygen atoms in total. The maximum Gasteiger partial charge on any atom is 0.123 e. The van der Waals surface area contributed by atoms with Crippen LogP contribution in [-0.4, -0.2) is 0 Å². The number of ether oxygens (including phenoxy) is 1. The van der Waals surface area contributed by atoms with Crippen LogP contribution in [0.15, 0.2) is 109 Å². The first-order valence-corrected chi connectivity index (χ1v) is 11.4. The number of rotatable bonds is 10. The van der Waals surface area contributed by atoms with Gasteiger partial charge in [-0.25, -0.2) is 8.78 Å². The lowest BCUT2D eigenvalue weighted by Gasteiger charge is -2.26. The third kappa shape index (κ3) is 6.84. The molecule has 168 valence electrons. The Balaban J connectivity index is 1.53. The SMILES string of the molecule is Fc1ccc(CCC(OC(CCc2ccc(F)cc2)c2ccccc2)c2ccccc2)cc1. The van der Waals surface area contributed by atoms with Crippen LogP contribution in [0.25, 0.3) is 0 Å². The van der Waals surface area contributed by atoms with E-state index in [9.17, 15) is 8.78 Å². The second-order valence-corrected chi connectivity index (χ2v) is 8.27. The summed E-state index contributed by atoms with van der Waals surface area (Å²) in [6, 6.07) is 33.8. The van der Waals surface area contributed by atoms with Gasteiger partial charge in [0.15, 0.2) is 0 Å². The molecule has 0 aliphatic rings. The van der Waals surface area contributed by atoms with Crippen molar-refractivity contribution in [3.8, 4) is 0 Å². The molecule has 4 aromatic carbocycles. The number of halogens is 2. The lowest BCUT2D eigenvalue weighted by Crippen LogP contribution is -2.13. The molecule has 4 rings (SSSR count). The van der Waals surface area contributed by atoms with Crippen LogP contribution < -0.4 is 0 Å². The number of hydrogen-bond acceptors (Lipinski definition) is 1. The molecule has 2 unspecified atom stereocenters. The molecule has 0 amide bonds. The zero-order valence-corrected chi connectivity index (χ0v) is 18.5. The summed E-state index contributed by atoms with van der Waals surface area (Å²) in [6.07, 6.45) is 2.95. The van der Waals surface area contributed by atoms with E-state index in [-0.39, 0.29) is 23.8 Å². The van der Waals surface area contributed by atoms with E-state index in [0.717, 1.165) is 47.9 Å². The minimum absolute atomic E-state index is 0.102. The maximum absolute atomic E-state index is 13.3. The van der Waals surface area contributed by atoms with Gasteiger partial charge in [0.1, 0.15) is 11.6 Å². The molecule has 2 atom stereocenters. The van der Waals surface area contributed by atoms with Crippen LogP contribution in [0.5, 0.6) is 0 Å². The first-order valence-electron chi connectivity index (χ1n) is 11.4. The molecule has 33 heavy (non-hydrogen) atoms. The molecule has 0 bridgehead atoms.